The summed E-state index contributed by atoms with van der Waals surface area (Å²) in [5.74, 6) is -0.257. The third-order valence-electron chi connectivity index (χ3n) is 2.78. The third kappa shape index (κ3) is 2.82. The molecular weight excluding hydrogens is 297 g/mol. The number of anilines is 1. The van der Waals surface area contributed by atoms with Gasteiger partial charge < -0.3 is 10.4 Å². The summed E-state index contributed by atoms with van der Waals surface area (Å²) in [6.07, 6.45) is 0. The van der Waals surface area contributed by atoms with Gasteiger partial charge in [0.25, 0.3) is 0 Å². The topological polar surface area (TPSA) is 32.3 Å². The lowest BCUT2D eigenvalue weighted by Gasteiger charge is -2.11. The summed E-state index contributed by atoms with van der Waals surface area (Å²) in [6.45, 7) is 2.36. The third-order valence-corrected chi connectivity index (χ3v) is 3.64. The van der Waals surface area contributed by atoms with Crippen molar-refractivity contribution < 1.29 is 9.50 Å². The summed E-state index contributed by atoms with van der Waals surface area (Å²) >= 11 is 3.45. The number of hydrogen-bond donors (Lipinski definition) is 2. The minimum atomic E-state index is -0.351. The molecule has 2 N–H and O–H groups in total. The predicted octanol–water partition coefficient (Wildman–Crippen LogP) is 4.21. The molecule has 0 saturated carbocycles. The van der Waals surface area contributed by atoms with Crippen LogP contribution in [0.15, 0.2) is 40.9 Å². The summed E-state index contributed by atoms with van der Waals surface area (Å²) in [6, 6.07) is 9.75. The second kappa shape index (κ2) is 5.40. The molecule has 0 amide bonds. The van der Waals surface area contributed by atoms with Crippen LogP contribution < -0.4 is 5.32 Å². The number of aromatic hydroxyl groups is 1. The maximum Gasteiger partial charge on any atom is 0.123 e. The van der Waals surface area contributed by atoms with Gasteiger partial charge in [-0.1, -0.05) is 22.0 Å². The molecule has 0 bridgehead atoms. The minimum absolute atomic E-state index is 0.0940. The van der Waals surface area contributed by atoms with Crippen molar-refractivity contribution in [2.45, 2.75) is 13.5 Å². The Morgan fingerprint density at radius 2 is 2.06 bits per heavy atom. The molecule has 2 nitrogen and oxygen atoms in total. The van der Waals surface area contributed by atoms with Crippen molar-refractivity contribution in [2.24, 2.45) is 0 Å². The maximum absolute atomic E-state index is 13.1. The van der Waals surface area contributed by atoms with Crippen molar-refractivity contribution in [3.05, 3.63) is 57.8 Å². The molecule has 94 valence electrons. The fourth-order valence-corrected chi connectivity index (χ4v) is 2.05. The first-order valence-electron chi connectivity index (χ1n) is 5.54. The first kappa shape index (κ1) is 12.9. The molecule has 4 heteroatoms. The summed E-state index contributed by atoms with van der Waals surface area (Å²) in [7, 11) is 0. The average Bonchev–Trinajstić information content (AvgIpc) is 2.35. The predicted molar refractivity (Wildman–Crippen MR) is 74.3 cm³/mol. The lowest BCUT2D eigenvalue weighted by Crippen LogP contribution is -2.02. The Labute approximate surface area is 114 Å². The molecule has 0 fully saturated rings. The van der Waals surface area contributed by atoms with Crippen molar-refractivity contribution in [1.29, 1.82) is 0 Å². The van der Waals surface area contributed by atoms with Gasteiger partial charge >= 0.3 is 0 Å². The highest BCUT2D eigenvalue weighted by Gasteiger charge is 2.05. The maximum atomic E-state index is 13.1. The number of phenols is 1. The SMILES string of the molecule is Cc1c(Br)cccc1NCc1cc(F)ccc1O. The second-order valence-electron chi connectivity index (χ2n) is 4.04. The molecular formula is C14H13BrFNO. The fourth-order valence-electron chi connectivity index (χ4n) is 1.69. The molecule has 0 unspecified atom stereocenters. The average molecular weight is 310 g/mol. The van der Waals surface area contributed by atoms with Gasteiger partial charge in [0.05, 0.1) is 0 Å². The van der Waals surface area contributed by atoms with Crippen LogP contribution in [-0.4, -0.2) is 5.11 Å². The van der Waals surface area contributed by atoms with Crippen LogP contribution in [0.2, 0.25) is 0 Å². The molecule has 0 aliphatic carbocycles. The zero-order valence-electron chi connectivity index (χ0n) is 9.87. The van der Waals surface area contributed by atoms with Crippen molar-refractivity contribution in [2.75, 3.05) is 5.32 Å². The first-order valence-corrected chi connectivity index (χ1v) is 6.33. The zero-order valence-corrected chi connectivity index (χ0v) is 11.5. The lowest BCUT2D eigenvalue weighted by molar-refractivity contribution is 0.466. The molecule has 2 aromatic carbocycles. The van der Waals surface area contributed by atoms with Crippen LogP contribution in [0.5, 0.6) is 5.75 Å². The number of rotatable bonds is 3. The number of halogens is 2. The van der Waals surface area contributed by atoms with E-state index in [4.69, 9.17) is 0 Å². The Balaban J connectivity index is 2.16. The van der Waals surface area contributed by atoms with Crippen LogP contribution in [-0.2, 0) is 6.54 Å². The molecule has 0 atom stereocenters. The van der Waals surface area contributed by atoms with E-state index in [1.807, 2.05) is 25.1 Å². The molecule has 18 heavy (non-hydrogen) atoms. The molecule has 0 saturated heterocycles. The molecule has 0 aliphatic heterocycles. The minimum Gasteiger partial charge on any atom is -0.508 e. The van der Waals surface area contributed by atoms with Gasteiger partial charge in [0.15, 0.2) is 0 Å². The Morgan fingerprint density at radius 1 is 1.28 bits per heavy atom. The van der Waals surface area contributed by atoms with Gasteiger partial charge in [0.2, 0.25) is 0 Å². The number of benzene rings is 2. The van der Waals surface area contributed by atoms with E-state index in [0.717, 1.165) is 15.7 Å². The highest BCUT2D eigenvalue weighted by Crippen LogP contribution is 2.25. The van der Waals surface area contributed by atoms with Crippen molar-refractivity contribution in [1.82, 2.24) is 0 Å². The quantitative estimate of drug-likeness (QED) is 0.890. The highest BCUT2D eigenvalue weighted by atomic mass is 79.9. The van der Waals surface area contributed by atoms with Crippen LogP contribution in [0.3, 0.4) is 0 Å². The smallest absolute Gasteiger partial charge is 0.123 e. The van der Waals surface area contributed by atoms with E-state index in [1.165, 1.54) is 18.2 Å². The summed E-state index contributed by atoms with van der Waals surface area (Å²) < 4.78 is 14.1. The molecule has 0 spiro atoms. The Kier molecular flexibility index (Phi) is 3.87. The lowest BCUT2D eigenvalue weighted by atomic mass is 10.1. The van der Waals surface area contributed by atoms with Crippen molar-refractivity contribution in [3.8, 4) is 5.75 Å². The van der Waals surface area contributed by atoms with E-state index in [1.54, 1.807) is 0 Å². The first-order chi connectivity index (χ1) is 8.58. The van der Waals surface area contributed by atoms with Gasteiger partial charge in [-0.05, 0) is 42.8 Å². The fraction of sp³-hybridized carbons (Fsp3) is 0.143. The van der Waals surface area contributed by atoms with Crippen LogP contribution in [0.25, 0.3) is 0 Å². The standard InChI is InChI=1S/C14H13BrFNO/c1-9-12(15)3-2-4-13(9)17-8-10-7-11(16)5-6-14(10)18/h2-7,17-18H,8H2,1H3. The van der Waals surface area contributed by atoms with Gasteiger partial charge in [-0.25, -0.2) is 4.39 Å². The van der Waals surface area contributed by atoms with Crippen LogP contribution in [0.1, 0.15) is 11.1 Å². The number of nitrogens with one attached hydrogen (secondary N) is 1. The van der Waals surface area contributed by atoms with Crippen LogP contribution in [0, 0.1) is 12.7 Å². The highest BCUT2D eigenvalue weighted by molar-refractivity contribution is 9.10. The van der Waals surface area contributed by atoms with Crippen LogP contribution in [0.4, 0.5) is 10.1 Å². The van der Waals surface area contributed by atoms with E-state index >= 15 is 0 Å². The van der Waals surface area contributed by atoms with E-state index in [9.17, 15) is 9.50 Å². The molecule has 2 aromatic rings. The van der Waals surface area contributed by atoms with Gasteiger partial charge in [0, 0.05) is 22.3 Å². The van der Waals surface area contributed by atoms with Crippen molar-refractivity contribution in [3.63, 3.8) is 0 Å². The summed E-state index contributed by atoms with van der Waals surface area (Å²) in [4.78, 5) is 0. The summed E-state index contributed by atoms with van der Waals surface area (Å²) in [5.41, 5.74) is 2.57. The van der Waals surface area contributed by atoms with Gasteiger partial charge in [-0.15, -0.1) is 0 Å². The van der Waals surface area contributed by atoms with E-state index in [2.05, 4.69) is 21.2 Å². The molecule has 2 rings (SSSR count). The van der Waals surface area contributed by atoms with Gasteiger partial charge in [-0.2, -0.15) is 0 Å². The Hall–Kier alpha value is -1.55. The largest absolute Gasteiger partial charge is 0.508 e. The number of phenolic OH excluding ortho intramolecular Hbond substituents is 1. The molecule has 0 heterocycles. The van der Waals surface area contributed by atoms with E-state index in [-0.39, 0.29) is 11.6 Å². The van der Waals surface area contributed by atoms with E-state index in [0.29, 0.717) is 12.1 Å². The Bertz CT molecular complexity index is 570. The monoisotopic (exact) mass is 309 g/mol. The second-order valence-corrected chi connectivity index (χ2v) is 4.89. The Morgan fingerprint density at radius 3 is 2.83 bits per heavy atom. The molecule has 0 aromatic heterocycles. The van der Waals surface area contributed by atoms with Gasteiger partial charge in [0.1, 0.15) is 11.6 Å². The van der Waals surface area contributed by atoms with E-state index < -0.39 is 0 Å². The van der Waals surface area contributed by atoms with Crippen LogP contribution >= 0.6 is 15.9 Å². The molecule has 0 radical (unpaired) electrons. The van der Waals surface area contributed by atoms with Crippen molar-refractivity contribution >= 4 is 21.6 Å². The molecule has 0 aliphatic rings. The number of hydrogen-bond acceptors (Lipinski definition) is 2. The summed E-state index contributed by atoms with van der Waals surface area (Å²) in [5, 5.41) is 12.8. The zero-order chi connectivity index (χ0) is 13.1. The van der Waals surface area contributed by atoms with Gasteiger partial charge in [-0.3, -0.25) is 0 Å². The normalized spacial score (nSPS) is 10.4.